The van der Waals surface area contributed by atoms with Crippen LogP contribution in [0.15, 0.2) is 65.8 Å². The Bertz CT molecular complexity index is 1180. The minimum absolute atomic E-state index is 0.0533. The fourth-order valence-electron chi connectivity index (χ4n) is 2.71. The Balaban J connectivity index is 2.03. The summed E-state index contributed by atoms with van der Waals surface area (Å²) in [4.78, 5) is 18.8. The van der Waals surface area contributed by atoms with Crippen molar-refractivity contribution >= 4 is 15.9 Å². The molecule has 3 aromatic rings. The smallest absolute Gasteiger partial charge is 0.416 e. The SMILES string of the molecule is O=C(O)NCc1cc(-c2ccc(C(F)(F)F)cc2)nc(S(=O)(=O)Cc2ccccc2)n1. The van der Waals surface area contributed by atoms with Crippen LogP contribution in [0.1, 0.15) is 16.8 Å². The number of amides is 1. The minimum Gasteiger partial charge on any atom is -0.465 e. The van der Waals surface area contributed by atoms with Crippen molar-refractivity contribution in [2.75, 3.05) is 0 Å². The van der Waals surface area contributed by atoms with Crippen LogP contribution in [0.5, 0.6) is 0 Å². The van der Waals surface area contributed by atoms with Gasteiger partial charge in [-0.3, -0.25) is 0 Å². The molecule has 0 saturated heterocycles. The highest BCUT2D eigenvalue weighted by molar-refractivity contribution is 7.90. The van der Waals surface area contributed by atoms with Crippen LogP contribution in [0.2, 0.25) is 0 Å². The van der Waals surface area contributed by atoms with E-state index in [0.717, 1.165) is 24.3 Å². The molecule has 0 spiro atoms. The third kappa shape index (κ3) is 5.79. The lowest BCUT2D eigenvalue weighted by Gasteiger charge is -2.11. The molecule has 2 aromatic carbocycles. The van der Waals surface area contributed by atoms with Crippen LogP contribution in [0, 0.1) is 0 Å². The molecule has 0 fully saturated rings. The molecule has 1 aromatic heterocycles. The molecule has 0 aliphatic heterocycles. The second-order valence-electron chi connectivity index (χ2n) is 6.51. The molecule has 2 N–H and O–H groups in total. The number of nitrogens with zero attached hydrogens (tertiary/aromatic N) is 2. The van der Waals surface area contributed by atoms with E-state index >= 15 is 0 Å². The Hall–Kier alpha value is -3.47. The molecule has 3 rings (SSSR count). The lowest BCUT2D eigenvalue weighted by atomic mass is 10.1. The van der Waals surface area contributed by atoms with Crippen molar-refractivity contribution in [1.29, 1.82) is 0 Å². The second-order valence-corrected chi connectivity index (χ2v) is 8.39. The van der Waals surface area contributed by atoms with Gasteiger partial charge in [0.15, 0.2) is 0 Å². The van der Waals surface area contributed by atoms with Crippen molar-refractivity contribution in [2.24, 2.45) is 0 Å². The van der Waals surface area contributed by atoms with Gasteiger partial charge >= 0.3 is 12.3 Å². The third-order valence-corrected chi connectivity index (χ3v) is 5.62. The van der Waals surface area contributed by atoms with Gasteiger partial charge in [-0.1, -0.05) is 42.5 Å². The summed E-state index contributed by atoms with van der Waals surface area (Å²) in [7, 11) is -4.01. The van der Waals surface area contributed by atoms with Crippen LogP contribution >= 0.6 is 0 Å². The van der Waals surface area contributed by atoms with Crippen LogP contribution in [0.25, 0.3) is 11.3 Å². The Morgan fingerprint density at radius 1 is 1.00 bits per heavy atom. The summed E-state index contributed by atoms with van der Waals surface area (Å²) in [6, 6.07) is 13.6. The van der Waals surface area contributed by atoms with Gasteiger partial charge in [0.25, 0.3) is 0 Å². The van der Waals surface area contributed by atoms with E-state index in [2.05, 4.69) is 15.3 Å². The molecule has 1 heterocycles. The van der Waals surface area contributed by atoms with Crippen molar-refractivity contribution in [3.05, 3.63) is 77.5 Å². The average molecular weight is 451 g/mol. The quantitative estimate of drug-likeness (QED) is 0.550. The van der Waals surface area contributed by atoms with E-state index in [9.17, 15) is 26.4 Å². The third-order valence-electron chi connectivity index (χ3n) is 4.17. The van der Waals surface area contributed by atoms with Crippen molar-refractivity contribution in [3.8, 4) is 11.3 Å². The molecule has 1 amide bonds. The highest BCUT2D eigenvalue weighted by Crippen LogP contribution is 2.31. The number of carbonyl (C=O) groups is 1. The summed E-state index contributed by atoms with van der Waals surface area (Å²) in [5, 5.41) is 10.3. The zero-order valence-electron chi connectivity index (χ0n) is 15.8. The molecule has 7 nitrogen and oxygen atoms in total. The zero-order valence-corrected chi connectivity index (χ0v) is 16.6. The maximum absolute atomic E-state index is 12.9. The summed E-state index contributed by atoms with van der Waals surface area (Å²) >= 11 is 0. The fraction of sp³-hybridized carbons (Fsp3) is 0.150. The van der Waals surface area contributed by atoms with Gasteiger partial charge in [0.2, 0.25) is 15.0 Å². The van der Waals surface area contributed by atoms with Crippen LogP contribution in [-0.2, 0) is 28.3 Å². The number of rotatable bonds is 6. The fourth-order valence-corrected chi connectivity index (χ4v) is 3.96. The number of carboxylic acid groups (broad SMARTS) is 1. The Labute approximate surface area is 175 Å². The minimum atomic E-state index is -4.52. The first-order valence-corrected chi connectivity index (χ1v) is 10.5. The van der Waals surface area contributed by atoms with Gasteiger partial charge in [0.1, 0.15) is 0 Å². The predicted molar refractivity (Wildman–Crippen MR) is 105 cm³/mol. The van der Waals surface area contributed by atoms with Gasteiger partial charge in [-0.15, -0.1) is 0 Å². The summed E-state index contributed by atoms with van der Waals surface area (Å²) in [5.41, 5.74) is -0.0362. The van der Waals surface area contributed by atoms with Crippen molar-refractivity contribution in [1.82, 2.24) is 15.3 Å². The first kappa shape index (κ1) is 22.2. The van der Waals surface area contributed by atoms with E-state index in [1.807, 2.05) is 0 Å². The summed E-state index contributed by atoms with van der Waals surface area (Å²) in [6.07, 6.45) is -5.87. The number of alkyl halides is 3. The van der Waals surface area contributed by atoms with E-state index in [0.29, 0.717) is 5.56 Å². The number of aromatic nitrogens is 2. The van der Waals surface area contributed by atoms with Gasteiger partial charge in [0, 0.05) is 5.56 Å². The molecule has 162 valence electrons. The Kier molecular flexibility index (Phi) is 6.25. The van der Waals surface area contributed by atoms with E-state index in [-0.39, 0.29) is 23.5 Å². The van der Waals surface area contributed by atoms with Gasteiger partial charge in [-0.25, -0.2) is 23.2 Å². The number of hydrogen-bond donors (Lipinski definition) is 2. The predicted octanol–water partition coefficient (Wildman–Crippen LogP) is 3.90. The molecule has 0 bridgehead atoms. The summed E-state index contributed by atoms with van der Waals surface area (Å²) in [5.74, 6) is -0.393. The monoisotopic (exact) mass is 451 g/mol. The molecule has 0 aliphatic carbocycles. The van der Waals surface area contributed by atoms with Gasteiger partial charge in [-0.2, -0.15) is 13.2 Å². The maximum atomic E-state index is 12.9. The summed E-state index contributed by atoms with van der Waals surface area (Å²) < 4.78 is 64.2. The second kappa shape index (κ2) is 8.72. The summed E-state index contributed by atoms with van der Waals surface area (Å²) in [6.45, 7) is -0.306. The topological polar surface area (TPSA) is 109 Å². The van der Waals surface area contributed by atoms with Gasteiger partial charge in [0.05, 0.1) is 29.2 Å². The molecule has 0 unspecified atom stereocenters. The van der Waals surface area contributed by atoms with Gasteiger partial charge < -0.3 is 10.4 Å². The molecule has 31 heavy (non-hydrogen) atoms. The molecule has 0 radical (unpaired) electrons. The average Bonchev–Trinajstić information content (AvgIpc) is 2.72. The van der Waals surface area contributed by atoms with Crippen LogP contribution in [0.4, 0.5) is 18.0 Å². The molecular formula is C20H16F3N3O4S. The largest absolute Gasteiger partial charge is 0.465 e. The van der Waals surface area contributed by atoms with Crippen LogP contribution in [0.3, 0.4) is 0 Å². The highest BCUT2D eigenvalue weighted by Gasteiger charge is 2.30. The lowest BCUT2D eigenvalue weighted by molar-refractivity contribution is -0.137. The Morgan fingerprint density at radius 2 is 1.65 bits per heavy atom. The number of hydrogen-bond acceptors (Lipinski definition) is 5. The van der Waals surface area contributed by atoms with E-state index in [4.69, 9.17) is 5.11 Å². The van der Waals surface area contributed by atoms with Crippen molar-refractivity contribution in [3.63, 3.8) is 0 Å². The molecule has 0 atom stereocenters. The molecular weight excluding hydrogens is 435 g/mol. The van der Waals surface area contributed by atoms with Crippen molar-refractivity contribution in [2.45, 2.75) is 23.6 Å². The number of nitrogens with one attached hydrogen (secondary N) is 1. The molecule has 11 heteroatoms. The number of benzene rings is 2. The molecule has 0 aliphatic rings. The Morgan fingerprint density at radius 3 is 2.23 bits per heavy atom. The standard InChI is InChI=1S/C20H16F3N3O4S/c21-20(22,23)15-8-6-14(7-9-15)17-10-16(11-24-19(27)28)25-18(26-17)31(29,30)12-13-4-2-1-3-5-13/h1-10,24H,11-12H2,(H,27,28). The maximum Gasteiger partial charge on any atom is 0.416 e. The first-order chi connectivity index (χ1) is 14.5. The normalized spacial score (nSPS) is 11.8. The van der Waals surface area contributed by atoms with E-state index in [1.54, 1.807) is 30.3 Å². The van der Waals surface area contributed by atoms with Crippen LogP contribution in [-0.4, -0.2) is 29.6 Å². The highest BCUT2D eigenvalue weighted by atomic mass is 32.2. The zero-order chi connectivity index (χ0) is 22.6. The van der Waals surface area contributed by atoms with E-state index < -0.39 is 38.6 Å². The first-order valence-electron chi connectivity index (χ1n) is 8.84. The van der Waals surface area contributed by atoms with Crippen LogP contribution < -0.4 is 5.32 Å². The van der Waals surface area contributed by atoms with Crippen molar-refractivity contribution < 1.29 is 31.5 Å². The molecule has 0 saturated carbocycles. The van der Waals surface area contributed by atoms with E-state index in [1.165, 1.54) is 6.07 Å². The van der Waals surface area contributed by atoms with Gasteiger partial charge in [-0.05, 0) is 23.8 Å². The number of halogens is 3. The lowest BCUT2D eigenvalue weighted by Crippen LogP contribution is -2.22. The number of sulfone groups is 1.